The van der Waals surface area contributed by atoms with Crippen molar-refractivity contribution >= 4 is 23.2 Å². The molecule has 1 atom stereocenters. The van der Waals surface area contributed by atoms with E-state index in [-0.39, 0.29) is 28.1 Å². The third kappa shape index (κ3) is 2.92. The number of hydrogen-bond acceptors (Lipinski definition) is 3. The van der Waals surface area contributed by atoms with Crippen LogP contribution >= 0.6 is 11.6 Å². The van der Waals surface area contributed by atoms with E-state index in [0.717, 1.165) is 17.8 Å². The average Bonchev–Trinajstić information content (AvgIpc) is 2.53. The average molecular weight is 363 g/mol. The second kappa shape index (κ2) is 5.97. The van der Waals surface area contributed by atoms with Crippen LogP contribution in [0.25, 0.3) is 0 Å². The van der Waals surface area contributed by atoms with E-state index in [9.17, 15) is 14.9 Å². The van der Waals surface area contributed by atoms with E-state index in [1.165, 1.54) is 50.7 Å². The molecule has 0 radical (unpaired) electrons. The predicted octanol–water partition coefficient (Wildman–Crippen LogP) is 4.58. The number of hydrogen-bond donors (Lipinski definition) is 1. The lowest BCUT2D eigenvalue weighted by Crippen LogP contribution is -2.55. The van der Waals surface area contributed by atoms with Crippen molar-refractivity contribution in [3.63, 3.8) is 0 Å². The molecule has 4 bridgehead atoms. The van der Waals surface area contributed by atoms with Gasteiger partial charge in [-0.05, 0) is 80.8 Å². The maximum atomic E-state index is 12.7. The molecule has 134 valence electrons. The molecule has 0 unspecified atom stereocenters. The van der Waals surface area contributed by atoms with Gasteiger partial charge in [-0.3, -0.25) is 14.9 Å². The number of amides is 1. The third-order valence-corrected chi connectivity index (χ3v) is 7.08. The minimum atomic E-state index is -0.554. The Morgan fingerprint density at radius 3 is 2.32 bits per heavy atom. The van der Waals surface area contributed by atoms with Crippen LogP contribution in [-0.4, -0.2) is 16.9 Å². The highest BCUT2D eigenvalue weighted by molar-refractivity contribution is 6.32. The number of nitrogens with zero attached hydrogens (tertiary/aromatic N) is 1. The lowest BCUT2D eigenvalue weighted by Gasteiger charge is -2.59. The molecule has 4 aliphatic carbocycles. The first-order valence-corrected chi connectivity index (χ1v) is 9.49. The molecule has 0 spiro atoms. The summed E-state index contributed by atoms with van der Waals surface area (Å²) in [5.74, 6) is 2.22. The molecule has 5 rings (SSSR count). The largest absolute Gasteiger partial charge is 0.349 e. The Kier molecular flexibility index (Phi) is 4.02. The number of carbonyl (C=O) groups excluding carboxylic acids is 1. The monoisotopic (exact) mass is 362 g/mol. The number of nitrogens with one attached hydrogen (secondary N) is 1. The van der Waals surface area contributed by atoms with Crippen molar-refractivity contribution in [2.24, 2.45) is 23.2 Å². The van der Waals surface area contributed by atoms with Gasteiger partial charge >= 0.3 is 0 Å². The smallest absolute Gasteiger partial charge is 0.288 e. The van der Waals surface area contributed by atoms with E-state index >= 15 is 0 Å². The number of benzene rings is 1. The van der Waals surface area contributed by atoms with E-state index < -0.39 is 4.92 Å². The van der Waals surface area contributed by atoms with Gasteiger partial charge in [0, 0.05) is 17.7 Å². The molecule has 25 heavy (non-hydrogen) atoms. The fourth-order valence-corrected chi connectivity index (χ4v) is 6.12. The molecular formula is C19H23ClN2O3. The lowest BCUT2D eigenvalue weighted by molar-refractivity contribution is -0.384. The molecule has 5 nitrogen and oxygen atoms in total. The summed E-state index contributed by atoms with van der Waals surface area (Å²) < 4.78 is 0. The summed E-state index contributed by atoms with van der Waals surface area (Å²) in [5, 5.41) is 14.2. The summed E-state index contributed by atoms with van der Waals surface area (Å²) in [6.45, 7) is 2.11. The van der Waals surface area contributed by atoms with Crippen LogP contribution in [0, 0.1) is 33.3 Å². The van der Waals surface area contributed by atoms with Gasteiger partial charge in [-0.15, -0.1) is 0 Å². The van der Waals surface area contributed by atoms with Crippen LogP contribution in [0.4, 0.5) is 5.69 Å². The Balaban J connectivity index is 1.51. The highest BCUT2D eigenvalue weighted by Gasteiger charge is 2.53. The standard InChI is InChI=1S/C19H23ClN2O3/c1-11(19-8-12-4-13(9-19)6-14(5-12)10-19)21-18(23)15-2-3-16(20)17(7-15)22(24)25/h2-3,7,11-14H,4-6,8-10H2,1H3,(H,21,23)/t11-,12?,13?,14?,19?/m1/s1. The van der Waals surface area contributed by atoms with Crippen LogP contribution in [0.2, 0.25) is 5.02 Å². The zero-order valence-electron chi connectivity index (χ0n) is 14.3. The van der Waals surface area contributed by atoms with Crippen molar-refractivity contribution in [3.05, 3.63) is 38.9 Å². The van der Waals surface area contributed by atoms with Gasteiger partial charge in [-0.1, -0.05) is 11.6 Å². The summed E-state index contributed by atoms with van der Waals surface area (Å²) in [6, 6.07) is 4.33. The van der Waals surface area contributed by atoms with E-state index in [0.29, 0.717) is 5.56 Å². The van der Waals surface area contributed by atoms with Crippen LogP contribution in [-0.2, 0) is 0 Å². The molecule has 4 fully saturated rings. The topological polar surface area (TPSA) is 72.2 Å². The highest BCUT2D eigenvalue weighted by Crippen LogP contribution is 2.61. The van der Waals surface area contributed by atoms with Crippen molar-refractivity contribution in [3.8, 4) is 0 Å². The zero-order chi connectivity index (χ0) is 17.8. The molecule has 1 aromatic carbocycles. The molecule has 4 aliphatic rings. The zero-order valence-corrected chi connectivity index (χ0v) is 15.1. The first-order chi connectivity index (χ1) is 11.9. The van der Waals surface area contributed by atoms with Crippen molar-refractivity contribution in [1.82, 2.24) is 5.32 Å². The quantitative estimate of drug-likeness (QED) is 0.629. The van der Waals surface area contributed by atoms with Crippen LogP contribution < -0.4 is 5.32 Å². The Hall–Kier alpha value is -1.62. The number of nitro groups is 1. The molecule has 6 heteroatoms. The van der Waals surface area contributed by atoms with E-state index in [2.05, 4.69) is 12.2 Å². The molecule has 0 aromatic heterocycles. The fraction of sp³-hybridized carbons (Fsp3) is 0.632. The Bertz CT molecular complexity index is 698. The Labute approximate surface area is 152 Å². The molecule has 4 saturated carbocycles. The number of carbonyl (C=O) groups is 1. The van der Waals surface area contributed by atoms with Crippen molar-refractivity contribution < 1.29 is 9.72 Å². The normalized spacial score (nSPS) is 33.9. The molecular weight excluding hydrogens is 340 g/mol. The molecule has 1 aromatic rings. The van der Waals surface area contributed by atoms with Gasteiger partial charge < -0.3 is 5.32 Å². The minimum absolute atomic E-state index is 0.0516. The predicted molar refractivity (Wildman–Crippen MR) is 95.6 cm³/mol. The maximum absolute atomic E-state index is 12.7. The molecule has 0 heterocycles. The Morgan fingerprint density at radius 1 is 1.24 bits per heavy atom. The van der Waals surface area contributed by atoms with Gasteiger partial charge in [0.2, 0.25) is 0 Å². The van der Waals surface area contributed by atoms with Gasteiger partial charge in [-0.2, -0.15) is 0 Å². The second-order valence-corrected chi connectivity index (χ2v) is 8.81. The second-order valence-electron chi connectivity index (χ2n) is 8.40. The summed E-state index contributed by atoms with van der Waals surface area (Å²) in [5.41, 5.74) is 0.285. The summed E-state index contributed by atoms with van der Waals surface area (Å²) in [7, 11) is 0. The first-order valence-electron chi connectivity index (χ1n) is 9.11. The van der Waals surface area contributed by atoms with Gasteiger partial charge in [0.25, 0.3) is 11.6 Å². The summed E-state index contributed by atoms with van der Waals surface area (Å²) in [4.78, 5) is 23.1. The van der Waals surface area contributed by atoms with E-state index in [1.54, 1.807) is 6.07 Å². The Morgan fingerprint density at radius 2 is 1.80 bits per heavy atom. The number of halogens is 1. The SMILES string of the molecule is C[C@@H](NC(=O)c1ccc(Cl)c([N+](=O)[O-])c1)C12CC3CC(CC(C3)C1)C2. The molecule has 0 saturated heterocycles. The van der Waals surface area contributed by atoms with E-state index in [1.807, 2.05) is 0 Å². The summed E-state index contributed by atoms with van der Waals surface area (Å²) in [6.07, 6.45) is 7.72. The van der Waals surface area contributed by atoms with Gasteiger partial charge in [0.15, 0.2) is 0 Å². The minimum Gasteiger partial charge on any atom is -0.349 e. The third-order valence-electron chi connectivity index (χ3n) is 6.76. The summed E-state index contributed by atoms with van der Waals surface area (Å²) >= 11 is 5.84. The van der Waals surface area contributed by atoms with Crippen molar-refractivity contribution in [2.45, 2.75) is 51.5 Å². The van der Waals surface area contributed by atoms with Crippen molar-refractivity contribution in [2.75, 3.05) is 0 Å². The van der Waals surface area contributed by atoms with E-state index in [4.69, 9.17) is 11.6 Å². The molecule has 0 aliphatic heterocycles. The number of rotatable bonds is 4. The molecule has 1 N–H and O–H groups in total. The first kappa shape index (κ1) is 16.8. The highest BCUT2D eigenvalue weighted by atomic mass is 35.5. The van der Waals surface area contributed by atoms with Crippen LogP contribution in [0.5, 0.6) is 0 Å². The fourth-order valence-electron chi connectivity index (χ4n) is 5.93. The van der Waals surface area contributed by atoms with Crippen LogP contribution in [0.3, 0.4) is 0 Å². The van der Waals surface area contributed by atoms with Gasteiger partial charge in [0.05, 0.1) is 4.92 Å². The van der Waals surface area contributed by atoms with Crippen LogP contribution in [0.1, 0.15) is 55.8 Å². The van der Waals surface area contributed by atoms with Gasteiger partial charge in [-0.25, -0.2) is 0 Å². The molecule has 1 amide bonds. The van der Waals surface area contributed by atoms with Gasteiger partial charge in [0.1, 0.15) is 5.02 Å². The van der Waals surface area contributed by atoms with Crippen molar-refractivity contribution in [1.29, 1.82) is 0 Å². The van der Waals surface area contributed by atoms with Crippen LogP contribution in [0.15, 0.2) is 18.2 Å². The number of nitro benzene ring substituents is 1. The maximum Gasteiger partial charge on any atom is 0.288 e. The lowest BCUT2D eigenvalue weighted by atomic mass is 9.48.